The molecular weight excluding hydrogens is 238 g/mol. The largest absolute Gasteiger partial charge is 0.414 e. The van der Waals surface area contributed by atoms with Crippen molar-refractivity contribution in [3.05, 3.63) is 54.5 Å². The van der Waals surface area contributed by atoms with Crippen molar-refractivity contribution >= 4 is 16.7 Å². The van der Waals surface area contributed by atoms with Crippen LogP contribution in [0.15, 0.2) is 53.3 Å². The lowest BCUT2D eigenvalue weighted by Gasteiger charge is -1.91. The molecule has 0 bridgehead atoms. The minimum absolute atomic E-state index is 0.848. The second-order valence-corrected chi connectivity index (χ2v) is 4.85. The number of rotatable bonds is 0. The molecule has 5 heterocycles. The number of pyridine rings is 2. The molecule has 0 amide bonds. The number of fused-ring (bicyclic) bond motifs is 7. The van der Waals surface area contributed by atoms with Crippen molar-refractivity contribution in [1.29, 1.82) is 0 Å². The molecule has 0 saturated carbocycles. The molecule has 1 aliphatic rings. The monoisotopic (exact) mass is 248 g/mol. The van der Waals surface area contributed by atoms with Crippen molar-refractivity contribution in [2.24, 2.45) is 0 Å². The zero-order valence-corrected chi connectivity index (χ0v) is 10.1. The fourth-order valence-electron chi connectivity index (χ4n) is 2.95. The lowest BCUT2D eigenvalue weighted by molar-refractivity contribution is -0.651. The van der Waals surface area contributed by atoms with Crippen LogP contribution in [-0.2, 0) is 6.54 Å². The summed E-state index contributed by atoms with van der Waals surface area (Å²) in [6, 6.07) is 10.3. The number of oxazole rings is 1. The Bertz CT molecular complexity index is 949. The molecule has 4 nitrogen and oxygen atoms in total. The lowest BCUT2D eigenvalue weighted by atomic mass is 10.2. The fraction of sp³-hybridized carbons (Fsp3) is 0.0667. The second kappa shape index (κ2) is 3.03. The average Bonchev–Trinajstić information content (AvgIpc) is 3.05. The molecule has 4 aromatic rings. The van der Waals surface area contributed by atoms with Crippen molar-refractivity contribution in [2.75, 3.05) is 0 Å². The summed E-state index contributed by atoms with van der Waals surface area (Å²) in [5.41, 5.74) is 5.56. The van der Waals surface area contributed by atoms with Gasteiger partial charge in [-0.2, -0.15) is 8.97 Å². The molecule has 0 fully saturated rings. The molecule has 4 heteroatoms. The fourth-order valence-corrected chi connectivity index (χ4v) is 2.95. The highest BCUT2D eigenvalue weighted by molar-refractivity contribution is 5.79. The van der Waals surface area contributed by atoms with Crippen LogP contribution in [0.25, 0.3) is 28.2 Å². The summed E-state index contributed by atoms with van der Waals surface area (Å²) in [4.78, 5) is 4.19. The van der Waals surface area contributed by atoms with Gasteiger partial charge in [-0.3, -0.25) is 4.98 Å². The highest BCUT2D eigenvalue weighted by Crippen LogP contribution is 2.31. The first kappa shape index (κ1) is 9.33. The van der Waals surface area contributed by atoms with Gasteiger partial charge in [0.25, 0.3) is 5.89 Å². The number of hydrogen-bond acceptors (Lipinski definition) is 2. The van der Waals surface area contributed by atoms with E-state index >= 15 is 0 Å². The van der Waals surface area contributed by atoms with Gasteiger partial charge < -0.3 is 4.42 Å². The van der Waals surface area contributed by atoms with Crippen LogP contribution in [0.5, 0.6) is 0 Å². The summed E-state index contributed by atoms with van der Waals surface area (Å²) >= 11 is 0. The molecule has 0 atom stereocenters. The summed E-state index contributed by atoms with van der Waals surface area (Å²) in [5, 5.41) is 0. The van der Waals surface area contributed by atoms with Gasteiger partial charge in [0.05, 0.1) is 11.8 Å². The van der Waals surface area contributed by atoms with Crippen molar-refractivity contribution in [2.45, 2.75) is 6.54 Å². The zero-order chi connectivity index (χ0) is 12.4. The Morgan fingerprint density at radius 3 is 3.26 bits per heavy atom. The SMILES string of the molecule is c1ccn2c(c1)cc1oc3[n+](c12)Cc1ccncc1-3. The molecule has 5 rings (SSSR count). The Kier molecular flexibility index (Phi) is 1.49. The van der Waals surface area contributed by atoms with Crippen molar-refractivity contribution < 1.29 is 8.98 Å². The first-order valence-corrected chi connectivity index (χ1v) is 6.27. The van der Waals surface area contributed by atoms with Gasteiger partial charge in [0.15, 0.2) is 0 Å². The highest BCUT2D eigenvalue weighted by Gasteiger charge is 2.32. The van der Waals surface area contributed by atoms with E-state index in [9.17, 15) is 0 Å². The van der Waals surface area contributed by atoms with Crippen LogP contribution in [0.3, 0.4) is 0 Å². The van der Waals surface area contributed by atoms with Gasteiger partial charge in [-0.25, -0.2) is 0 Å². The van der Waals surface area contributed by atoms with E-state index in [1.54, 1.807) is 0 Å². The minimum Gasteiger partial charge on any atom is -0.414 e. The van der Waals surface area contributed by atoms with E-state index in [2.05, 4.69) is 38.3 Å². The Morgan fingerprint density at radius 2 is 2.26 bits per heavy atom. The van der Waals surface area contributed by atoms with Crippen LogP contribution in [0.1, 0.15) is 5.56 Å². The van der Waals surface area contributed by atoms with Crippen LogP contribution in [-0.4, -0.2) is 9.38 Å². The van der Waals surface area contributed by atoms with E-state index in [1.807, 2.05) is 24.5 Å². The molecule has 0 saturated heterocycles. The van der Waals surface area contributed by atoms with Crippen molar-refractivity contribution in [1.82, 2.24) is 9.38 Å². The number of hydrogen-bond donors (Lipinski definition) is 0. The van der Waals surface area contributed by atoms with E-state index < -0.39 is 0 Å². The maximum atomic E-state index is 6.02. The summed E-state index contributed by atoms with van der Waals surface area (Å²) < 4.78 is 10.4. The van der Waals surface area contributed by atoms with Crippen LogP contribution in [0.4, 0.5) is 0 Å². The van der Waals surface area contributed by atoms with Crippen LogP contribution >= 0.6 is 0 Å². The van der Waals surface area contributed by atoms with Gasteiger partial charge in [-0.05, 0) is 18.2 Å². The molecule has 0 spiro atoms. The molecule has 0 N–H and O–H groups in total. The molecule has 4 aromatic heterocycles. The van der Waals surface area contributed by atoms with E-state index in [4.69, 9.17) is 4.42 Å². The Morgan fingerprint density at radius 1 is 1.26 bits per heavy atom. The van der Waals surface area contributed by atoms with Gasteiger partial charge in [0, 0.05) is 24.0 Å². The third-order valence-electron chi connectivity index (χ3n) is 3.80. The van der Waals surface area contributed by atoms with E-state index in [-0.39, 0.29) is 0 Å². The summed E-state index contributed by atoms with van der Waals surface area (Å²) in [6.07, 6.45) is 5.78. The molecule has 0 radical (unpaired) electrons. The Labute approximate surface area is 108 Å². The van der Waals surface area contributed by atoms with E-state index in [1.165, 1.54) is 5.56 Å². The molecule has 1 aliphatic heterocycles. The molecule has 0 aliphatic carbocycles. The topological polar surface area (TPSA) is 34.3 Å². The highest BCUT2D eigenvalue weighted by atomic mass is 16.4. The minimum atomic E-state index is 0.848. The summed E-state index contributed by atoms with van der Waals surface area (Å²) in [5.74, 6) is 0.909. The Hall–Kier alpha value is -2.62. The standard InChI is InChI=1S/C15H10N3O/c1-2-6-17-11(3-1)7-13-14(17)18-9-10-4-5-16-8-12(10)15(18)19-13/h1-8H,9H2/q+1. The van der Waals surface area contributed by atoms with Crippen molar-refractivity contribution in [3.63, 3.8) is 0 Å². The lowest BCUT2D eigenvalue weighted by Crippen LogP contribution is -2.31. The van der Waals surface area contributed by atoms with Gasteiger partial charge in [0.2, 0.25) is 5.58 Å². The van der Waals surface area contributed by atoms with Gasteiger partial charge in [-0.15, -0.1) is 0 Å². The number of nitrogens with zero attached hydrogens (tertiary/aromatic N) is 3. The maximum absolute atomic E-state index is 6.02. The van der Waals surface area contributed by atoms with E-state index in [0.29, 0.717) is 0 Å². The van der Waals surface area contributed by atoms with Crippen LogP contribution < -0.4 is 4.57 Å². The van der Waals surface area contributed by atoms with Gasteiger partial charge >= 0.3 is 5.65 Å². The second-order valence-electron chi connectivity index (χ2n) is 4.85. The maximum Gasteiger partial charge on any atom is 0.333 e. The molecule has 90 valence electrons. The van der Waals surface area contributed by atoms with Crippen LogP contribution in [0.2, 0.25) is 0 Å². The number of aromatic nitrogens is 3. The average molecular weight is 248 g/mol. The third-order valence-corrected chi connectivity index (χ3v) is 3.80. The molecular formula is C15H10N3O+. The first-order chi connectivity index (χ1) is 9.42. The molecule has 19 heavy (non-hydrogen) atoms. The normalized spacial score (nSPS) is 13.1. The van der Waals surface area contributed by atoms with Crippen LogP contribution in [0, 0.1) is 0 Å². The first-order valence-electron chi connectivity index (χ1n) is 6.27. The quantitative estimate of drug-likeness (QED) is 0.394. The van der Waals surface area contributed by atoms with Gasteiger partial charge in [-0.1, -0.05) is 6.07 Å². The summed E-state index contributed by atoms with van der Waals surface area (Å²) in [6.45, 7) is 0.848. The summed E-state index contributed by atoms with van der Waals surface area (Å²) in [7, 11) is 0. The smallest absolute Gasteiger partial charge is 0.333 e. The predicted molar refractivity (Wildman–Crippen MR) is 69.7 cm³/mol. The third kappa shape index (κ3) is 1.04. The zero-order valence-electron chi connectivity index (χ0n) is 10.1. The predicted octanol–water partition coefficient (Wildman–Crippen LogP) is 2.40. The molecule has 0 aromatic carbocycles. The Balaban J connectivity index is 1.94. The van der Waals surface area contributed by atoms with Crippen molar-refractivity contribution in [3.8, 4) is 11.5 Å². The van der Waals surface area contributed by atoms with Gasteiger partial charge in [0.1, 0.15) is 12.1 Å². The molecule has 0 unspecified atom stereocenters. The van der Waals surface area contributed by atoms with E-state index in [0.717, 1.165) is 34.7 Å².